The zero-order valence-corrected chi connectivity index (χ0v) is 15.1. The number of alkyl halides is 3. The molecule has 3 aromatic rings. The Morgan fingerprint density at radius 3 is 2.68 bits per heavy atom. The van der Waals surface area contributed by atoms with Crippen LogP contribution in [-0.4, -0.2) is 32.5 Å². The number of nitrogens with one attached hydrogen (secondary N) is 2. The monoisotopic (exact) mass is 411 g/mol. The Morgan fingerprint density at radius 2 is 2.11 bits per heavy atom. The quantitative estimate of drug-likeness (QED) is 0.497. The average molecular weight is 411 g/mol. The summed E-state index contributed by atoms with van der Waals surface area (Å²) >= 11 is 1.27. The maximum Gasteiger partial charge on any atom is 0.417 e. The molecule has 0 aromatic carbocycles. The fourth-order valence-electron chi connectivity index (χ4n) is 2.41. The SMILES string of the molecule is NC[C@H](NC(=O)c1ccc(-c2ccc(C(F)(F)F)cn2)[nH]1)c1nc(CO)cs1. The topological polar surface area (TPSA) is 117 Å². The highest BCUT2D eigenvalue weighted by molar-refractivity contribution is 7.09. The molecule has 5 N–H and O–H groups in total. The molecular weight excluding hydrogens is 395 g/mol. The van der Waals surface area contributed by atoms with E-state index in [2.05, 4.69) is 20.3 Å². The fourth-order valence-corrected chi connectivity index (χ4v) is 3.28. The van der Waals surface area contributed by atoms with Gasteiger partial charge in [-0.2, -0.15) is 13.2 Å². The second kappa shape index (κ2) is 8.09. The van der Waals surface area contributed by atoms with E-state index in [4.69, 9.17) is 10.8 Å². The smallest absolute Gasteiger partial charge is 0.390 e. The molecule has 0 saturated heterocycles. The van der Waals surface area contributed by atoms with Crippen LogP contribution in [0.5, 0.6) is 0 Å². The number of H-pyrrole nitrogens is 1. The molecule has 3 rings (SSSR count). The lowest BCUT2D eigenvalue weighted by molar-refractivity contribution is -0.137. The molecule has 0 aliphatic rings. The second-order valence-corrected chi connectivity index (χ2v) is 6.70. The molecule has 1 amide bonds. The number of thiazole rings is 1. The van der Waals surface area contributed by atoms with E-state index in [0.29, 0.717) is 16.4 Å². The van der Waals surface area contributed by atoms with Gasteiger partial charge in [0, 0.05) is 18.1 Å². The van der Waals surface area contributed by atoms with E-state index < -0.39 is 23.7 Å². The highest BCUT2D eigenvalue weighted by Gasteiger charge is 2.30. The summed E-state index contributed by atoms with van der Waals surface area (Å²) in [6.07, 6.45) is -3.73. The summed E-state index contributed by atoms with van der Waals surface area (Å²) in [4.78, 5) is 23.3. The number of nitrogens with two attached hydrogens (primary N) is 1. The van der Waals surface area contributed by atoms with Crippen molar-refractivity contribution in [1.82, 2.24) is 20.3 Å². The highest BCUT2D eigenvalue weighted by atomic mass is 32.1. The number of rotatable bonds is 6. The molecule has 0 fully saturated rings. The zero-order chi connectivity index (χ0) is 20.3. The molecule has 3 aromatic heterocycles. The summed E-state index contributed by atoms with van der Waals surface area (Å²) < 4.78 is 37.9. The Kier molecular flexibility index (Phi) is 5.77. The van der Waals surface area contributed by atoms with Crippen LogP contribution in [0.2, 0.25) is 0 Å². The maximum absolute atomic E-state index is 12.6. The standard InChI is InChI=1S/C17H16F3N5O2S/c18-17(19,20)9-1-2-11(22-6-9)12-3-4-13(24-12)15(27)25-14(5-21)16-23-10(7-26)8-28-16/h1-4,6,8,14,24,26H,5,7,21H2,(H,25,27)/t14-/m0/s1. The Hall–Kier alpha value is -2.76. The van der Waals surface area contributed by atoms with E-state index >= 15 is 0 Å². The number of nitrogens with zero attached hydrogens (tertiary/aromatic N) is 2. The summed E-state index contributed by atoms with van der Waals surface area (Å²) in [6, 6.07) is 4.67. The van der Waals surface area contributed by atoms with Crippen molar-refractivity contribution in [2.75, 3.05) is 6.54 Å². The van der Waals surface area contributed by atoms with Gasteiger partial charge in [-0.3, -0.25) is 9.78 Å². The molecule has 0 aliphatic carbocycles. The van der Waals surface area contributed by atoms with Gasteiger partial charge in [-0.1, -0.05) is 0 Å². The lowest BCUT2D eigenvalue weighted by Crippen LogP contribution is -2.33. The third-order valence-corrected chi connectivity index (χ3v) is 4.88. The lowest BCUT2D eigenvalue weighted by atomic mass is 10.2. The van der Waals surface area contributed by atoms with Crippen LogP contribution in [-0.2, 0) is 12.8 Å². The molecular formula is C17H16F3N5O2S. The highest BCUT2D eigenvalue weighted by Crippen LogP contribution is 2.29. The molecule has 11 heteroatoms. The molecule has 1 atom stereocenters. The number of carbonyl (C=O) groups excluding carboxylic acids is 1. The van der Waals surface area contributed by atoms with Gasteiger partial charge in [-0.15, -0.1) is 11.3 Å². The van der Waals surface area contributed by atoms with Crippen LogP contribution in [0, 0.1) is 0 Å². The van der Waals surface area contributed by atoms with Crippen molar-refractivity contribution in [1.29, 1.82) is 0 Å². The van der Waals surface area contributed by atoms with E-state index in [9.17, 15) is 18.0 Å². The first-order valence-electron chi connectivity index (χ1n) is 8.10. The number of aliphatic hydroxyl groups is 1. The zero-order valence-electron chi connectivity index (χ0n) is 14.3. The van der Waals surface area contributed by atoms with Gasteiger partial charge in [0.2, 0.25) is 0 Å². The van der Waals surface area contributed by atoms with E-state index in [0.717, 1.165) is 12.3 Å². The van der Waals surface area contributed by atoms with Gasteiger partial charge in [0.1, 0.15) is 10.7 Å². The largest absolute Gasteiger partial charge is 0.417 e. The van der Waals surface area contributed by atoms with Crippen LogP contribution < -0.4 is 11.1 Å². The molecule has 0 unspecified atom stereocenters. The van der Waals surface area contributed by atoms with Gasteiger partial charge in [-0.05, 0) is 24.3 Å². The molecule has 7 nitrogen and oxygen atoms in total. The van der Waals surface area contributed by atoms with Crippen molar-refractivity contribution in [2.24, 2.45) is 5.73 Å². The number of amides is 1. The van der Waals surface area contributed by atoms with Gasteiger partial charge in [0.15, 0.2) is 0 Å². The van der Waals surface area contributed by atoms with Gasteiger partial charge in [0.25, 0.3) is 5.91 Å². The number of aliphatic hydroxyl groups excluding tert-OH is 1. The Bertz CT molecular complexity index is 952. The Balaban J connectivity index is 1.72. The number of pyridine rings is 1. The average Bonchev–Trinajstić information content (AvgIpc) is 3.35. The third-order valence-electron chi connectivity index (χ3n) is 3.87. The van der Waals surface area contributed by atoms with Crippen molar-refractivity contribution in [2.45, 2.75) is 18.8 Å². The summed E-state index contributed by atoms with van der Waals surface area (Å²) in [5.41, 5.74) is 6.22. The first-order chi connectivity index (χ1) is 13.3. The summed E-state index contributed by atoms with van der Waals surface area (Å²) in [5.74, 6) is -0.450. The number of hydrogen-bond acceptors (Lipinski definition) is 6. The minimum Gasteiger partial charge on any atom is -0.390 e. The fraction of sp³-hybridized carbons (Fsp3) is 0.235. The molecule has 0 spiro atoms. The van der Waals surface area contributed by atoms with Crippen molar-refractivity contribution >= 4 is 17.2 Å². The summed E-state index contributed by atoms with van der Waals surface area (Å²) in [6.45, 7) is -0.0972. The number of aromatic amines is 1. The van der Waals surface area contributed by atoms with Crippen molar-refractivity contribution < 1.29 is 23.1 Å². The first-order valence-corrected chi connectivity index (χ1v) is 8.98. The predicted octanol–water partition coefficient (Wildman–Crippen LogP) is 2.47. The summed E-state index contributed by atoms with van der Waals surface area (Å²) in [5, 5.41) is 14.1. The van der Waals surface area contributed by atoms with Gasteiger partial charge >= 0.3 is 6.18 Å². The molecule has 148 valence electrons. The minimum atomic E-state index is -4.46. The maximum atomic E-state index is 12.6. The third kappa shape index (κ3) is 4.38. The Labute approximate surface area is 161 Å². The van der Waals surface area contributed by atoms with E-state index in [1.165, 1.54) is 23.5 Å². The van der Waals surface area contributed by atoms with Crippen LogP contribution in [0.4, 0.5) is 13.2 Å². The molecule has 3 heterocycles. The number of halogens is 3. The molecule has 28 heavy (non-hydrogen) atoms. The Morgan fingerprint density at radius 1 is 1.32 bits per heavy atom. The van der Waals surface area contributed by atoms with Crippen molar-refractivity contribution in [3.8, 4) is 11.4 Å². The van der Waals surface area contributed by atoms with Crippen molar-refractivity contribution in [3.05, 3.63) is 57.8 Å². The second-order valence-electron chi connectivity index (χ2n) is 5.81. The van der Waals surface area contributed by atoms with Gasteiger partial charge in [-0.25, -0.2) is 4.98 Å². The molecule has 0 bridgehead atoms. The van der Waals surface area contributed by atoms with Crippen molar-refractivity contribution in [3.63, 3.8) is 0 Å². The van der Waals surface area contributed by atoms with Crippen LogP contribution in [0.25, 0.3) is 11.4 Å². The van der Waals surface area contributed by atoms with E-state index in [1.54, 1.807) is 11.4 Å². The molecule has 0 radical (unpaired) electrons. The number of hydrogen-bond donors (Lipinski definition) is 4. The lowest BCUT2D eigenvalue weighted by Gasteiger charge is -2.13. The normalized spacial score (nSPS) is 12.8. The first kappa shape index (κ1) is 20.0. The molecule has 0 aliphatic heterocycles. The van der Waals surface area contributed by atoms with E-state index in [-0.39, 0.29) is 24.5 Å². The minimum absolute atomic E-state index is 0.109. The van der Waals surface area contributed by atoms with Crippen LogP contribution >= 0.6 is 11.3 Å². The van der Waals surface area contributed by atoms with Crippen LogP contribution in [0.1, 0.15) is 32.8 Å². The predicted molar refractivity (Wildman–Crippen MR) is 96.3 cm³/mol. The number of carbonyl (C=O) groups is 1. The number of aromatic nitrogens is 3. The summed E-state index contributed by atoms with van der Waals surface area (Å²) in [7, 11) is 0. The van der Waals surface area contributed by atoms with Gasteiger partial charge in [0.05, 0.1) is 35.3 Å². The van der Waals surface area contributed by atoms with Crippen LogP contribution in [0.15, 0.2) is 35.8 Å². The van der Waals surface area contributed by atoms with Gasteiger partial charge < -0.3 is 21.1 Å². The van der Waals surface area contributed by atoms with Crippen LogP contribution in [0.3, 0.4) is 0 Å². The molecule has 0 saturated carbocycles. The van der Waals surface area contributed by atoms with E-state index in [1.807, 2.05) is 0 Å².